The molecule has 0 saturated heterocycles. The maximum Gasteiger partial charge on any atom is 0.274 e. The van der Waals surface area contributed by atoms with Gasteiger partial charge in [0.05, 0.1) is 35.7 Å². The van der Waals surface area contributed by atoms with E-state index in [2.05, 4.69) is 10.6 Å². The number of anilines is 1. The van der Waals surface area contributed by atoms with Gasteiger partial charge in [0.1, 0.15) is 5.75 Å². The molecule has 2 aromatic rings. The van der Waals surface area contributed by atoms with Crippen molar-refractivity contribution in [2.24, 2.45) is 0 Å². The fourth-order valence-electron chi connectivity index (χ4n) is 2.68. The Labute approximate surface area is 156 Å². The lowest BCUT2D eigenvalue weighted by Crippen LogP contribution is -2.29. The number of carbonyl (C=O) groups excluding carboxylic acids is 2. The molecule has 2 N–H and O–H groups in total. The molecule has 8 nitrogen and oxygen atoms in total. The van der Waals surface area contributed by atoms with Crippen LogP contribution in [0.5, 0.6) is 5.75 Å². The number of nitrogens with zero attached hydrogens (tertiary/aromatic N) is 1. The summed E-state index contributed by atoms with van der Waals surface area (Å²) in [5.74, 6) is 0.0281. The molecular formula is C19H21N3O5. The molecule has 2 rings (SSSR count). The first-order chi connectivity index (χ1) is 12.8. The molecular weight excluding hydrogens is 350 g/mol. The van der Waals surface area contributed by atoms with Crippen molar-refractivity contribution in [3.05, 3.63) is 63.7 Å². The van der Waals surface area contributed by atoms with Gasteiger partial charge in [0.15, 0.2) is 0 Å². The van der Waals surface area contributed by atoms with Gasteiger partial charge in [0.25, 0.3) is 5.69 Å². The van der Waals surface area contributed by atoms with Gasteiger partial charge in [-0.3, -0.25) is 19.7 Å². The van der Waals surface area contributed by atoms with Gasteiger partial charge >= 0.3 is 0 Å². The second-order valence-electron chi connectivity index (χ2n) is 5.99. The van der Waals surface area contributed by atoms with Gasteiger partial charge in [0, 0.05) is 13.0 Å². The molecule has 2 aromatic carbocycles. The molecule has 142 valence electrons. The van der Waals surface area contributed by atoms with E-state index in [1.165, 1.54) is 19.1 Å². The van der Waals surface area contributed by atoms with Crippen LogP contribution in [0.2, 0.25) is 0 Å². The molecule has 27 heavy (non-hydrogen) atoms. The largest absolute Gasteiger partial charge is 0.497 e. The highest BCUT2D eigenvalue weighted by molar-refractivity contribution is 5.93. The molecule has 0 fully saturated rings. The topological polar surface area (TPSA) is 111 Å². The van der Waals surface area contributed by atoms with Crippen molar-refractivity contribution in [3.8, 4) is 5.75 Å². The first kappa shape index (κ1) is 19.9. The molecule has 0 spiro atoms. The quantitative estimate of drug-likeness (QED) is 0.574. The lowest BCUT2D eigenvalue weighted by atomic mass is 10.0. The smallest absolute Gasteiger partial charge is 0.274 e. The minimum atomic E-state index is -0.535. The summed E-state index contributed by atoms with van der Waals surface area (Å²) in [4.78, 5) is 34.5. The number of nitro groups is 1. The van der Waals surface area contributed by atoms with Crippen LogP contribution in [0.15, 0.2) is 42.5 Å². The first-order valence-electron chi connectivity index (χ1n) is 8.26. The van der Waals surface area contributed by atoms with Crippen LogP contribution in [0.4, 0.5) is 11.4 Å². The number of methoxy groups -OCH3 is 1. The SMILES string of the molecule is COc1ccc(C(CC(=O)Nc2cccc([N+](=O)[O-])c2C)NC(C)=O)cc1. The third-order valence-corrected chi connectivity index (χ3v) is 4.06. The van der Waals surface area contributed by atoms with E-state index in [1.807, 2.05) is 0 Å². The summed E-state index contributed by atoms with van der Waals surface area (Å²) in [5, 5.41) is 16.5. The van der Waals surface area contributed by atoms with Gasteiger partial charge in [0.2, 0.25) is 11.8 Å². The molecule has 1 unspecified atom stereocenters. The summed E-state index contributed by atoms with van der Waals surface area (Å²) in [7, 11) is 1.55. The highest BCUT2D eigenvalue weighted by Crippen LogP contribution is 2.26. The summed E-state index contributed by atoms with van der Waals surface area (Å²) >= 11 is 0. The van der Waals surface area contributed by atoms with Crippen LogP contribution in [0.3, 0.4) is 0 Å². The van der Waals surface area contributed by atoms with Gasteiger partial charge in [-0.2, -0.15) is 0 Å². The summed E-state index contributed by atoms with van der Waals surface area (Å²) < 4.78 is 5.11. The zero-order chi connectivity index (χ0) is 20.0. The third kappa shape index (κ3) is 5.27. The number of benzene rings is 2. The number of nitrogens with one attached hydrogen (secondary N) is 2. The van der Waals surface area contributed by atoms with Gasteiger partial charge < -0.3 is 15.4 Å². The van der Waals surface area contributed by atoms with Crippen LogP contribution in [0.25, 0.3) is 0 Å². The van der Waals surface area contributed by atoms with Crippen molar-refractivity contribution >= 4 is 23.2 Å². The number of ether oxygens (including phenoxy) is 1. The Morgan fingerprint density at radius 2 is 1.85 bits per heavy atom. The third-order valence-electron chi connectivity index (χ3n) is 4.06. The van der Waals surface area contributed by atoms with Crippen LogP contribution in [0.1, 0.15) is 30.5 Å². The maximum atomic E-state index is 12.5. The maximum absolute atomic E-state index is 12.5. The molecule has 0 aliphatic carbocycles. The summed E-state index contributed by atoms with van der Waals surface area (Å²) in [6.45, 7) is 2.95. The summed E-state index contributed by atoms with van der Waals surface area (Å²) in [6, 6.07) is 11.0. The van der Waals surface area contributed by atoms with E-state index in [4.69, 9.17) is 4.74 Å². The van der Waals surface area contributed by atoms with Crippen molar-refractivity contribution in [3.63, 3.8) is 0 Å². The van der Waals surface area contributed by atoms with Crippen molar-refractivity contribution in [1.82, 2.24) is 5.32 Å². The minimum absolute atomic E-state index is 0.0198. The highest BCUT2D eigenvalue weighted by atomic mass is 16.6. The number of hydrogen-bond donors (Lipinski definition) is 2. The first-order valence-corrected chi connectivity index (χ1v) is 8.26. The van der Waals surface area contributed by atoms with Gasteiger partial charge in [-0.15, -0.1) is 0 Å². The van der Waals surface area contributed by atoms with Crippen LogP contribution >= 0.6 is 0 Å². The van der Waals surface area contributed by atoms with Crippen molar-refractivity contribution in [1.29, 1.82) is 0 Å². The van der Waals surface area contributed by atoms with E-state index in [1.54, 1.807) is 44.4 Å². The molecule has 0 aliphatic rings. The minimum Gasteiger partial charge on any atom is -0.497 e. The molecule has 1 atom stereocenters. The average Bonchev–Trinajstić information content (AvgIpc) is 2.62. The molecule has 0 radical (unpaired) electrons. The fraction of sp³-hybridized carbons (Fsp3) is 0.263. The number of hydrogen-bond acceptors (Lipinski definition) is 5. The van der Waals surface area contributed by atoms with Crippen molar-refractivity contribution in [2.75, 3.05) is 12.4 Å². The highest BCUT2D eigenvalue weighted by Gasteiger charge is 2.19. The Bertz CT molecular complexity index is 849. The van der Waals surface area contributed by atoms with Crippen LogP contribution in [-0.4, -0.2) is 23.8 Å². The average molecular weight is 371 g/mol. The van der Waals surface area contributed by atoms with Crippen LogP contribution in [0, 0.1) is 17.0 Å². The van der Waals surface area contributed by atoms with E-state index >= 15 is 0 Å². The van der Waals surface area contributed by atoms with Crippen molar-refractivity contribution in [2.45, 2.75) is 26.3 Å². The van der Waals surface area contributed by atoms with Gasteiger partial charge in [-0.1, -0.05) is 18.2 Å². The zero-order valence-electron chi connectivity index (χ0n) is 15.3. The van der Waals surface area contributed by atoms with Gasteiger partial charge in [-0.25, -0.2) is 0 Å². The molecule has 2 amide bonds. The van der Waals surface area contributed by atoms with E-state index in [0.29, 0.717) is 17.0 Å². The molecule has 0 saturated carbocycles. The second-order valence-corrected chi connectivity index (χ2v) is 5.99. The van der Waals surface area contributed by atoms with Gasteiger partial charge in [-0.05, 0) is 30.7 Å². The Balaban J connectivity index is 2.17. The summed E-state index contributed by atoms with van der Waals surface area (Å²) in [6.07, 6.45) is -0.0198. The Morgan fingerprint density at radius 3 is 2.41 bits per heavy atom. The number of nitro benzene ring substituents is 1. The molecule has 0 heterocycles. The normalized spacial score (nSPS) is 11.4. The number of amides is 2. The number of carbonyl (C=O) groups is 2. The number of rotatable bonds is 7. The Kier molecular flexibility index (Phi) is 6.48. The van der Waals surface area contributed by atoms with Crippen molar-refractivity contribution < 1.29 is 19.2 Å². The standard InChI is InChI=1S/C19H21N3O5/c1-12-16(5-4-6-18(12)22(25)26)21-19(24)11-17(20-13(2)23)14-7-9-15(27-3)10-8-14/h4-10,17H,11H2,1-3H3,(H,20,23)(H,21,24). The molecule has 0 aliphatic heterocycles. The predicted octanol–water partition coefficient (Wildman–Crippen LogP) is 3.12. The lowest BCUT2D eigenvalue weighted by molar-refractivity contribution is -0.385. The lowest BCUT2D eigenvalue weighted by Gasteiger charge is -2.19. The van der Waals surface area contributed by atoms with Crippen LogP contribution < -0.4 is 15.4 Å². The zero-order valence-corrected chi connectivity index (χ0v) is 15.3. The molecule has 8 heteroatoms. The summed E-state index contributed by atoms with van der Waals surface area (Å²) in [5.41, 5.74) is 1.42. The Hall–Kier alpha value is -3.42. The van der Waals surface area contributed by atoms with Crippen LogP contribution in [-0.2, 0) is 9.59 Å². The van der Waals surface area contributed by atoms with E-state index in [9.17, 15) is 19.7 Å². The van der Waals surface area contributed by atoms with E-state index in [-0.39, 0.29) is 23.9 Å². The Morgan fingerprint density at radius 1 is 1.19 bits per heavy atom. The predicted molar refractivity (Wildman–Crippen MR) is 101 cm³/mol. The molecule has 0 bridgehead atoms. The fourth-order valence-corrected chi connectivity index (χ4v) is 2.68. The van der Waals surface area contributed by atoms with E-state index < -0.39 is 11.0 Å². The molecule has 0 aromatic heterocycles. The monoisotopic (exact) mass is 371 g/mol. The van der Waals surface area contributed by atoms with E-state index in [0.717, 1.165) is 5.56 Å². The second kappa shape index (κ2) is 8.79.